The number of hydrogen-bond acceptors (Lipinski definition) is 3. The van der Waals surface area contributed by atoms with Gasteiger partial charge in [0, 0.05) is 11.1 Å². The first-order valence-electron chi connectivity index (χ1n) is 9.10. The van der Waals surface area contributed by atoms with E-state index < -0.39 is 0 Å². The zero-order valence-electron chi connectivity index (χ0n) is 15.6. The van der Waals surface area contributed by atoms with E-state index in [9.17, 15) is 4.79 Å². The third kappa shape index (κ3) is 3.58. The molecule has 0 fully saturated rings. The molecular weight excluding hydrogens is 348 g/mol. The molecule has 1 heterocycles. The number of benzene rings is 3. The summed E-state index contributed by atoms with van der Waals surface area (Å²) in [5.41, 5.74) is 4.49. The number of carbonyl (C=O) groups is 1. The Morgan fingerprint density at radius 1 is 0.857 bits per heavy atom. The van der Waals surface area contributed by atoms with Gasteiger partial charge in [0.15, 0.2) is 0 Å². The van der Waals surface area contributed by atoms with E-state index in [2.05, 4.69) is 4.98 Å². The molecule has 0 N–H and O–H groups in total. The first kappa shape index (κ1) is 17.7. The summed E-state index contributed by atoms with van der Waals surface area (Å²) < 4.78 is 6.84. The van der Waals surface area contributed by atoms with Crippen molar-refractivity contribution in [2.45, 2.75) is 6.42 Å². The lowest BCUT2D eigenvalue weighted by molar-refractivity contribution is 0.0916. The molecule has 0 saturated carbocycles. The molecule has 0 aliphatic rings. The van der Waals surface area contributed by atoms with Crippen LogP contribution >= 0.6 is 0 Å². The van der Waals surface area contributed by atoms with Crippen LogP contribution in [0.1, 0.15) is 10.4 Å². The molecular formula is C24H20N2O2. The maximum absolute atomic E-state index is 13.1. The number of imidazole rings is 1. The fraction of sp³-hybridized carbons (Fsp3) is 0.0833. The molecule has 0 aliphatic heterocycles. The summed E-state index contributed by atoms with van der Waals surface area (Å²) in [5, 5.41) is 0. The molecule has 0 bridgehead atoms. The quantitative estimate of drug-likeness (QED) is 0.492. The van der Waals surface area contributed by atoms with Crippen molar-refractivity contribution in [3.8, 4) is 28.3 Å². The minimum atomic E-state index is -0.0290. The maximum atomic E-state index is 13.1. The van der Waals surface area contributed by atoms with Gasteiger partial charge < -0.3 is 4.74 Å². The molecule has 4 nitrogen and oxygen atoms in total. The molecule has 0 saturated heterocycles. The highest BCUT2D eigenvalue weighted by Gasteiger charge is 2.19. The number of aromatic nitrogens is 2. The number of ether oxygens (including phenoxy) is 1. The van der Waals surface area contributed by atoms with Crippen molar-refractivity contribution in [2.24, 2.45) is 0 Å². The summed E-state index contributed by atoms with van der Waals surface area (Å²) >= 11 is 0. The van der Waals surface area contributed by atoms with Crippen LogP contribution in [0.15, 0.2) is 91.3 Å². The molecule has 28 heavy (non-hydrogen) atoms. The van der Waals surface area contributed by atoms with Gasteiger partial charge in [-0.05, 0) is 17.7 Å². The molecule has 0 amide bonds. The van der Waals surface area contributed by atoms with Gasteiger partial charge in [0.2, 0.25) is 5.91 Å². The second kappa shape index (κ2) is 7.92. The lowest BCUT2D eigenvalue weighted by Crippen LogP contribution is -2.14. The van der Waals surface area contributed by atoms with Gasteiger partial charge in [-0.3, -0.25) is 9.36 Å². The van der Waals surface area contributed by atoms with Crippen molar-refractivity contribution in [3.63, 3.8) is 0 Å². The van der Waals surface area contributed by atoms with Gasteiger partial charge in [0.1, 0.15) is 12.1 Å². The number of carbonyl (C=O) groups excluding carboxylic acids is 1. The first-order valence-corrected chi connectivity index (χ1v) is 9.10. The maximum Gasteiger partial charge on any atom is 0.236 e. The highest BCUT2D eigenvalue weighted by atomic mass is 16.5. The lowest BCUT2D eigenvalue weighted by Gasteiger charge is -2.10. The Bertz CT molecular complexity index is 1070. The average molecular weight is 368 g/mol. The Morgan fingerprint density at radius 3 is 2.07 bits per heavy atom. The summed E-state index contributed by atoms with van der Waals surface area (Å²) in [4.78, 5) is 17.7. The second-order valence-corrected chi connectivity index (χ2v) is 6.46. The molecule has 1 aromatic heterocycles. The summed E-state index contributed by atoms with van der Waals surface area (Å²) in [6.45, 7) is 0. The van der Waals surface area contributed by atoms with Crippen molar-refractivity contribution < 1.29 is 9.53 Å². The van der Waals surface area contributed by atoms with E-state index in [1.54, 1.807) is 18.0 Å². The minimum Gasteiger partial charge on any atom is -0.497 e. The standard InChI is InChI=1S/C24H20N2O2/c1-28-21-14-12-18(13-15-21)16-22(27)26-17-25-23(19-8-4-2-5-9-19)24(26)20-10-6-3-7-11-20/h2-15,17H,16H2,1H3. The normalized spacial score (nSPS) is 10.6. The zero-order chi connectivity index (χ0) is 19.3. The third-order valence-electron chi connectivity index (χ3n) is 4.65. The van der Waals surface area contributed by atoms with Crippen molar-refractivity contribution >= 4 is 5.91 Å². The molecule has 138 valence electrons. The third-order valence-corrected chi connectivity index (χ3v) is 4.65. The van der Waals surface area contributed by atoms with Gasteiger partial charge in [-0.2, -0.15) is 0 Å². The Balaban J connectivity index is 1.74. The van der Waals surface area contributed by atoms with Crippen LogP contribution in [-0.2, 0) is 6.42 Å². The summed E-state index contributed by atoms with van der Waals surface area (Å²) in [7, 11) is 1.63. The van der Waals surface area contributed by atoms with Crippen molar-refractivity contribution in [3.05, 3.63) is 96.8 Å². The van der Waals surface area contributed by atoms with Crippen LogP contribution in [0.3, 0.4) is 0 Å². The number of rotatable bonds is 5. The van der Waals surface area contributed by atoms with Crippen LogP contribution in [0.5, 0.6) is 5.75 Å². The van der Waals surface area contributed by atoms with E-state index in [-0.39, 0.29) is 12.3 Å². The molecule has 4 rings (SSSR count). The number of hydrogen-bond donors (Lipinski definition) is 0. The molecule has 3 aromatic carbocycles. The number of nitrogens with zero attached hydrogens (tertiary/aromatic N) is 2. The van der Waals surface area contributed by atoms with Crippen molar-refractivity contribution in [2.75, 3.05) is 7.11 Å². The number of methoxy groups -OCH3 is 1. The summed E-state index contributed by atoms with van der Waals surface area (Å²) in [6.07, 6.45) is 1.91. The van der Waals surface area contributed by atoms with E-state index >= 15 is 0 Å². The van der Waals surface area contributed by atoms with Crippen LogP contribution in [-0.4, -0.2) is 22.6 Å². The second-order valence-electron chi connectivity index (χ2n) is 6.46. The smallest absolute Gasteiger partial charge is 0.236 e. The predicted octanol–water partition coefficient (Wildman–Crippen LogP) is 5.11. The zero-order valence-corrected chi connectivity index (χ0v) is 15.6. The molecule has 0 atom stereocenters. The SMILES string of the molecule is COc1ccc(CC(=O)n2cnc(-c3ccccc3)c2-c2ccccc2)cc1. The highest BCUT2D eigenvalue weighted by Crippen LogP contribution is 2.31. The Morgan fingerprint density at radius 2 is 1.46 bits per heavy atom. The Kier molecular flexibility index (Phi) is 5.02. The minimum absolute atomic E-state index is 0.0290. The van der Waals surface area contributed by atoms with E-state index in [0.29, 0.717) is 0 Å². The summed E-state index contributed by atoms with van der Waals surface area (Å²) in [6, 6.07) is 27.4. The fourth-order valence-corrected chi connectivity index (χ4v) is 3.22. The van der Waals surface area contributed by atoms with Crippen LogP contribution in [0.25, 0.3) is 22.5 Å². The molecule has 0 aliphatic carbocycles. The molecule has 4 heteroatoms. The van der Waals surface area contributed by atoms with E-state index in [1.165, 1.54) is 0 Å². The average Bonchev–Trinajstić information content (AvgIpc) is 3.21. The molecule has 0 unspecified atom stereocenters. The first-order chi connectivity index (χ1) is 13.8. The van der Waals surface area contributed by atoms with E-state index in [1.807, 2.05) is 84.9 Å². The molecule has 0 radical (unpaired) electrons. The van der Waals surface area contributed by atoms with Crippen LogP contribution in [0.2, 0.25) is 0 Å². The van der Waals surface area contributed by atoms with Gasteiger partial charge in [-0.15, -0.1) is 0 Å². The van der Waals surface area contributed by atoms with Crippen LogP contribution < -0.4 is 4.74 Å². The van der Waals surface area contributed by atoms with Crippen molar-refractivity contribution in [1.29, 1.82) is 0 Å². The Labute approximate surface area is 164 Å². The fourth-order valence-electron chi connectivity index (χ4n) is 3.22. The van der Waals surface area contributed by atoms with Gasteiger partial charge >= 0.3 is 0 Å². The van der Waals surface area contributed by atoms with Crippen LogP contribution in [0, 0.1) is 0 Å². The van der Waals surface area contributed by atoms with Crippen LogP contribution in [0.4, 0.5) is 0 Å². The predicted molar refractivity (Wildman–Crippen MR) is 110 cm³/mol. The monoisotopic (exact) mass is 368 g/mol. The van der Waals surface area contributed by atoms with E-state index in [0.717, 1.165) is 33.8 Å². The van der Waals surface area contributed by atoms with Gasteiger partial charge in [-0.25, -0.2) is 4.98 Å². The lowest BCUT2D eigenvalue weighted by atomic mass is 10.0. The summed E-state index contributed by atoms with van der Waals surface area (Å²) in [5.74, 6) is 0.744. The highest BCUT2D eigenvalue weighted by molar-refractivity contribution is 5.90. The largest absolute Gasteiger partial charge is 0.497 e. The Hall–Kier alpha value is -3.66. The molecule has 0 spiro atoms. The molecule has 4 aromatic rings. The topological polar surface area (TPSA) is 44.1 Å². The van der Waals surface area contributed by atoms with Gasteiger partial charge in [0.25, 0.3) is 0 Å². The van der Waals surface area contributed by atoms with Gasteiger partial charge in [0.05, 0.1) is 24.9 Å². The van der Waals surface area contributed by atoms with E-state index in [4.69, 9.17) is 4.74 Å². The van der Waals surface area contributed by atoms with Crippen molar-refractivity contribution in [1.82, 2.24) is 9.55 Å². The van der Waals surface area contributed by atoms with Gasteiger partial charge in [-0.1, -0.05) is 72.8 Å².